The lowest BCUT2D eigenvalue weighted by atomic mass is 9.94. The predicted octanol–water partition coefficient (Wildman–Crippen LogP) is 4.43. The Kier molecular flexibility index (Phi) is 5.26. The summed E-state index contributed by atoms with van der Waals surface area (Å²) in [5.74, 6) is 1.36. The molecule has 2 aromatic carbocycles. The van der Waals surface area contributed by atoms with Crippen LogP contribution in [0.3, 0.4) is 0 Å². The standard InChI is InChI=1S/C22H24FN5O2/c1-14(2)28-19(15-5-4-6-18(13-15)24-21(29)27-30-3)25-26-20(28)22(11-12-22)16-7-9-17(23)10-8-16/h4-10,13-14H,11-12H2,1-3H3,(H2,24,27,29). The maximum Gasteiger partial charge on any atom is 0.343 e. The first-order chi connectivity index (χ1) is 14.4. The second kappa shape index (κ2) is 7.87. The molecule has 0 saturated heterocycles. The highest BCUT2D eigenvalue weighted by molar-refractivity contribution is 5.89. The Labute approximate surface area is 174 Å². The Morgan fingerprint density at radius 2 is 1.90 bits per heavy atom. The summed E-state index contributed by atoms with van der Waals surface area (Å²) in [5, 5.41) is 11.8. The average Bonchev–Trinajstić information content (AvgIpc) is 3.39. The summed E-state index contributed by atoms with van der Waals surface area (Å²) >= 11 is 0. The van der Waals surface area contributed by atoms with E-state index >= 15 is 0 Å². The van der Waals surface area contributed by atoms with Gasteiger partial charge in [-0.3, -0.25) is 4.84 Å². The molecule has 1 aliphatic carbocycles. The number of aromatic nitrogens is 3. The second-order valence-corrected chi connectivity index (χ2v) is 7.74. The van der Waals surface area contributed by atoms with Crippen LogP contribution in [0, 0.1) is 5.82 Å². The topological polar surface area (TPSA) is 81.1 Å². The van der Waals surface area contributed by atoms with Crippen LogP contribution >= 0.6 is 0 Å². The maximum atomic E-state index is 13.4. The van der Waals surface area contributed by atoms with Crippen molar-refractivity contribution in [3.05, 3.63) is 65.7 Å². The number of urea groups is 1. The molecule has 0 aliphatic heterocycles. The van der Waals surface area contributed by atoms with Gasteiger partial charge in [0.2, 0.25) is 0 Å². The van der Waals surface area contributed by atoms with Gasteiger partial charge >= 0.3 is 6.03 Å². The van der Waals surface area contributed by atoms with Crippen molar-refractivity contribution in [3.63, 3.8) is 0 Å². The molecular formula is C22H24FN5O2. The third-order valence-corrected chi connectivity index (χ3v) is 5.36. The van der Waals surface area contributed by atoms with Crippen LogP contribution in [0.4, 0.5) is 14.9 Å². The molecule has 156 valence electrons. The molecule has 1 heterocycles. The van der Waals surface area contributed by atoms with E-state index in [9.17, 15) is 9.18 Å². The Bertz CT molecular complexity index is 1060. The summed E-state index contributed by atoms with van der Waals surface area (Å²) in [4.78, 5) is 16.4. The van der Waals surface area contributed by atoms with E-state index in [4.69, 9.17) is 0 Å². The van der Waals surface area contributed by atoms with E-state index in [-0.39, 0.29) is 17.3 Å². The molecule has 8 heteroatoms. The number of benzene rings is 2. The van der Waals surface area contributed by atoms with Gasteiger partial charge in [-0.05, 0) is 56.5 Å². The number of hydrogen-bond donors (Lipinski definition) is 2. The smallest absolute Gasteiger partial charge is 0.308 e. The van der Waals surface area contributed by atoms with Crippen molar-refractivity contribution in [2.45, 2.75) is 38.1 Å². The quantitative estimate of drug-likeness (QED) is 0.590. The zero-order valence-corrected chi connectivity index (χ0v) is 17.1. The maximum absolute atomic E-state index is 13.4. The van der Waals surface area contributed by atoms with E-state index in [2.05, 4.69) is 44.2 Å². The van der Waals surface area contributed by atoms with Crippen molar-refractivity contribution in [1.82, 2.24) is 20.2 Å². The van der Waals surface area contributed by atoms with Crippen LogP contribution in [0.2, 0.25) is 0 Å². The van der Waals surface area contributed by atoms with E-state index in [0.717, 1.165) is 35.6 Å². The molecule has 0 atom stereocenters. The SMILES string of the molecule is CONC(=O)Nc1cccc(-c2nnc(C3(c4ccc(F)cc4)CC3)n2C(C)C)c1. The Balaban J connectivity index is 1.72. The van der Waals surface area contributed by atoms with Gasteiger partial charge in [0.15, 0.2) is 5.82 Å². The first-order valence-corrected chi connectivity index (χ1v) is 9.86. The Hall–Kier alpha value is -3.26. The third kappa shape index (κ3) is 3.66. The minimum atomic E-state index is -0.464. The van der Waals surface area contributed by atoms with Crippen LogP contribution in [0.1, 0.15) is 44.1 Å². The predicted molar refractivity (Wildman–Crippen MR) is 111 cm³/mol. The molecule has 4 rings (SSSR count). The number of nitrogens with one attached hydrogen (secondary N) is 2. The highest BCUT2D eigenvalue weighted by atomic mass is 19.1. The third-order valence-electron chi connectivity index (χ3n) is 5.36. The minimum Gasteiger partial charge on any atom is -0.308 e. The lowest BCUT2D eigenvalue weighted by Crippen LogP contribution is -2.27. The van der Waals surface area contributed by atoms with E-state index in [1.807, 2.05) is 30.3 Å². The molecule has 1 aromatic heterocycles. The van der Waals surface area contributed by atoms with Crippen molar-refractivity contribution in [1.29, 1.82) is 0 Å². The molecule has 2 amide bonds. The summed E-state index contributed by atoms with van der Waals surface area (Å²) < 4.78 is 15.6. The zero-order valence-electron chi connectivity index (χ0n) is 17.1. The summed E-state index contributed by atoms with van der Waals surface area (Å²) in [6.45, 7) is 4.18. The van der Waals surface area contributed by atoms with E-state index < -0.39 is 6.03 Å². The zero-order chi connectivity index (χ0) is 21.3. The van der Waals surface area contributed by atoms with Crippen LogP contribution in [0.5, 0.6) is 0 Å². The molecule has 2 N–H and O–H groups in total. The van der Waals surface area contributed by atoms with Gasteiger partial charge in [-0.1, -0.05) is 24.3 Å². The molecular weight excluding hydrogens is 385 g/mol. The molecule has 0 radical (unpaired) electrons. The van der Waals surface area contributed by atoms with E-state index in [1.54, 1.807) is 6.07 Å². The van der Waals surface area contributed by atoms with Gasteiger partial charge in [0.25, 0.3) is 0 Å². The van der Waals surface area contributed by atoms with Crippen LogP contribution in [0.15, 0.2) is 48.5 Å². The molecule has 1 saturated carbocycles. The number of halogens is 1. The number of anilines is 1. The average molecular weight is 409 g/mol. The molecule has 1 aliphatic rings. The number of rotatable bonds is 6. The normalized spacial score (nSPS) is 14.6. The molecule has 7 nitrogen and oxygen atoms in total. The van der Waals surface area contributed by atoms with Gasteiger partial charge < -0.3 is 9.88 Å². The van der Waals surface area contributed by atoms with Crippen LogP contribution in [0.25, 0.3) is 11.4 Å². The summed E-state index contributed by atoms with van der Waals surface area (Å²) in [5.41, 5.74) is 4.49. The minimum absolute atomic E-state index is 0.122. The van der Waals surface area contributed by atoms with E-state index in [0.29, 0.717) is 5.69 Å². The van der Waals surface area contributed by atoms with Crippen molar-refractivity contribution in [2.24, 2.45) is 0 Å². The number of amides is 2. The van der Waals surface area contributed by atoms with Crippen molar-refractivity contribution in [2.75, 3.05) is 12.4 Å². The fraction of sp³-hybridized carbons (Fsp3) is 0.318. The highest BCUT2D eigenvalue weighted by Gasteiger charge is 2.50. The molecule has 30 heavy (non-hydrogen) atoms. The summed E-state index contributed by atoms with van der Waals surface area (Å²) in [6, 6.07) is 13.7. The fourth-order valence-electron chi connectivity index (χ4n) is 3.82. The molecule has 0 spiro atoms. The number of carbonyl (C=O) groups is 1. The fourth-order valence-corrected chi connectivity index (χ4v) is 3.82. The Morgan fingerprint density at radius 3 is 2.53 bits per heavy atom. The first-order valence-electron chi connectivity index (χ1n) is 9.86. The van der Waals surface area contributed by atoms with Crippen LogP contribution in [-0.2, 0) is 10.3 Å². The number of nitrogens with zero attached hydrogens (tertiary/aromatic N) is 3. The lowest BCUT2D eigenvalue weighted by Gasteiger charge is -2.20. The lowest BCUT2D eigenvalue weighted by molar-refractivity contribution is 0.114. The van der Waals surface area contributed by atoms with Crippen LogP contribution < -0.4 is 10.8 Å². The van der Waals surface area contributed by atoms with E-state index in [1.165, 1.54) is 19.2 Å². The van der Waals surface area contributed by atoms with Gasteiger partial charge in [-0.15, -0.1) is 10.2 Å². The summed E-state index contributed by atoms with van der Waals surface area (Å²) in [6.07, 6.45) is 1.89. The van der Waals surface area contributed by atoms with Crippen molar-refractivity contribution >= 4 is 11.7 Å². The van der Waals surface area contributed by atoms with Gasteiger partial charge in [0, 0.05) is 17.3 Å². The van der Waals surface area contributed by atoms with Crippen molar-refractivity contribution in [3.8, 4) is 11.4 Å². The number of carbonyl (C=O) groups excluding carboxylic acids is 1. The highest BCUT2D eigenvalue weighted by Crippen LogP contribution is 2.53. The molecule has 1 fully saturated rings. The first kappa shape index (κ1) is 20.0. The summed E-state index contributed by atoms with van der Waals surface area (Å²) in [7, 11) is 1.37. The largest absolute Gasteiger partial charge is 0.343 e. The molecule has 3 aromatic rings. The van der Waals surface area contributed by atoms with Crippen LogP contribution in [-0.4, -0.2) is 27.9 Å². The Morgan fingerprint density at radius 1 is 1.17 bits per heavy atom. The van der Waals surface area contributed by atoms with Crippen molar-refractivity contribution < 1.29 is 14.0 Å². The monoisotopic (exact) mass is 409 g/mol. The number of hydroxylamine groups is 1. The number of hydrogen-bond acceptors (Lipinski definition) is 4. The van der Waals surface area contributed by atoms with Gasteiger partial charge in [-0.25, -0.2) is 14.7 Å². The van der Waals surface area contributed by atoms with Gasteiger partial charge in [0.05, 0.1) is 12.5 Å². The molecule has 0 unspecified atom stereocenters. The second-order valence-electron chi connectivity index (χ2n) is 7.74. The van der Waals surface area contributed by atoms with Gasteiger partial charge in [-0.2, -0.15) is 0 Å². The molecule has 0 bridgehead atoms. The van der Waals surface area contributed by atoms with Gasteiger partial charge in [0.1, 0.15) is 11.6 Å².